The number of unbranched alkanes of at least 4 members (excludes halogenated alkanes) is 2. The molecule has 0 bridgehead atoms. The van der Waals surface area contributed by atoms with Crippen molar-refractivity contribution in [3.8, 4) is 10.6 Å². The van der Waals surface area contributed by atoms with Crippen LogP contribution in [0.2, 0.25) is 0 Å². The van der Waals surface area contributed by atoms with E-state index in [1.807, 2.05) is 0 Å². The highest BCUT2D eigenvalue weighted by Crippen LogP contribution is 2.47. The van der Waals surface area contributed by atoms with E-state index in [9.17, 15) is 0 Å². The lowest BCUT2D eigenvalue weighted by Crippen LogP contribution is -2.42. The standard InChI is InChI=1S/C26H40N4S/c1-6-7-8-15-27-20-11-16-30(17-12-20)24-29-28-23(31-24)19-9-10-21-22(18-19)26(4,5)14-13-25(21,2)3/h9-10,18,20,27H,6-8,11-17H2,1-5H3. The fraction of sp³-hybridized carbons (Fsp3) is 0.692. The molecular weight excluding hydrogens is 400 g/mol. The average Bonchev–Trinajstić information content (AvgIpc) is 3.25. The molecule has 1 saturated heterocycles. The third-order valence-corrected chi connectivity index (χ3v) is 8.53. The fourth-order valence-corrected chi connectivity index (χ4v) is 6.03. The minimum Gasteiger partial charge on any atom is -0.347 e. The highest BCUT2D eigenvalue weighted by atomic mass is 32.1. The molecule has 4 rings (SSSR count). The van der Waals surface area contributed by atoms with E-state index in [1.165, 1.54) is 61.6 Å². The minimum absolute atomic E-state index is 0.223. The first kappa shape index (κ1) is 22.7. The quantitative estimate of drug-likeness (QED) is 0.513. The molecule has 5 heteroatoms. The third kappa shape index (κ3) is 4.98. The molecular formula is C26H40N4S. The Kier molecular flexibility index (Phi) is 6.73. The van der Waals surface area contributed by atoms with E-state index in [0.29, 0.717) is 6.04 Å². The van der Waals surface area contributed by atoms with Crippen LogP contribution in [0, 0.1) is 0 Å². The van der Waals surface area contributed by atoms with Crippen LogP contribution in [0.5, 0.6) is 0 Å². The first-order valence-corrected chi connectivity index (χ1v) is 13.1. The molecule has 0 amide bonds. The van der Waals surface area contributed by atoms with Gasteiger partial charge >= 0.3 is 0 Å². The van der Waals surface area contributed by atoms with Crippen LogP contribution >= 0.6 is 11.3 Å². The van der Waals surface area contributed by atoms with Gasteiger partial charge in [-0.2, -0.15) is 0 Å². The molecule has 0 unspecified atom stereocenters. The number of nitrogens with zero attached hydrogens (tertiary/aromatic N) is 3. The molecule has 1 aliphatic heterocycles. The second-order valence-corrected chi connectivity index (χ2v) is 11.8. The van der Waals surface area contributed by atoms with Crippen LogP contribution in [0.15, 0.2) is 18.2 Å². The summed E-state index contributed by atoms with van der Waals surface area (Å²) in [7, 11) is 0. The molecule has 0 saturated carbocycles. The van der Waals surface area contributed by atoms with Gasteiger partial charge in [0, 0.05) is 24.7 Å². The number of hydrogen-bond donors (Lipinski definition) is 1. The Hall–Kier alpha value is -1.46. The summed E-state index contributed by atoms with van der Waals surface area (Å²) in [5.41, 5.74) is 4.70. The summed E-state index contributed by atoms with van der Waals surface area (Å²) in [6.07, 6.45) is 8.80. The second kappa shape index (κ2) is 9.19. The van der Waals surface area contributed by atoms with E-state index in [1.54, 1.807) is 11.3 Å². The largest absolute Gasteiger partial charge is 0.347 e. The van der Waals surface area contributed by atoms with Gasteiger partial charge in [0.25, 0.3) is 0 Å². The van der Waals surface area contributed by atoms with Gasteiger partial charge in [0.2, 0.25) is 5.13 Å². The van der Waals surface area contributed by atoms with Crippen LogP contribution in [0.3, 0.4) is 0 Å². The maximum absolute atomic E-state index is 4.59. The highest BCUT2D eigenvalue weighted by molar-refractivity contribution is 7.18. The Morgan fingerprint density at radius 2 is 1.71 bits per heavy atom. The molecule has 0 radical (unpaired) electrons. The Labute approximate surface area is 192 Å². The van der Waals surface area contributed by atoms with E-state index in [2.05, 4.69) is 73.2 Å². The number of rotatable bonds is 7. The topological polar surface area (TPSA) is 41.0 Å². The average molecular weight is 441 g/mol. The van der Waals surface area contributed by atoms with E-state index in [0.717, 1.165) is 29.8 Å². The normalized spacial score (nSPS) is 20.6. The minimum atomic E-state index is 0.223. The number of fused-ring (bicyclic) bond motifs is 1. The van der Waals surface area contributed by atoms with Crippen molar-refractivity contribution < 1.29 is 0 Å². The summed E-state index contributed by atoms with van der Waals surface area (Å²) >= 11 is 1.75. The van der Waals surface area contributed by atoms with Crippen molar-refractivity contribution in [2.45, 2.75) is 96.4 Å². The summed E-state index contributed by atoms with van der Waals surface area (Å²) in [5.74, 6) is 0. The Bertz CT molecular complexity index is 877. The van der Waals surface area contributed by atoms with Crippen molar-refractivity contribution in [3.05, 3.63) is 29.3 Å². The molecule has 0 spiro atoms. The van der Waals surface area contributed by atoms with Gasteiger partial charge in [-0.05, 0) is 66.7 Å². The van der Waals surface area contributed by atoms with Crippen molar-refractivity contribution in [1.82, 2.24) is 15.5 Å². The molecule has 2 heterocycles. The molecule has 0 atom stereocenters. The molecule has 1 aliphatic carbocycles. The number of anilines is 1. The number of aromatic nitrogens is 2. The zero-order valence-electron chi connectivity index (χ0n) is 20.1. The summed E-state index contributed by atoms with van der Waals surface area (Å²) < 4.78 is 0. The summed E-state index contributed by atoms with van der Waals surface area (Å²) in [5, 5.41) is 15.1. The van der Waals surface area contributed by atoms with Crippen LogP contribution in [0.25, 0.3) is 10.6 Å². The van der Waals surface area contributed by atoms with Gasteiger partial charge in [-0.15, -0.1) is 10.2 Å². The lowest BCUT2D eigenvalue weighted by atomic mass is 9.63. The molecule has 1 aromatic carbocycles. The number of hydrogen-bond acceptors (Lipinski definition) is 5. The monoisotopic (exact) mass is 440 g/mol. The molecule has 170 valence electrons. The summed E-state index contributed by atoms with van der Waals surface area (Å²) in [4.78, 5) is 2.43. The maximum atomic E-state index is 4.59. The van der Waals surface area contributed by atoms with Crippen LogP contribution in [-0.2, 0) is 10.8 Å². The van der Waals surface area contributed by atoms with Gasteiger partial charge < -0.3 is 10.2 Å². The van der Waals surface area contributed by atoms with Crippen molar-refractivity contribution in [2.75, 3.05) is 24.5 Å². The SMILES string of the molecule is CCCCCNC1CCN(c2nnc(-c3ccc4c(c3)C(C)(C)CCC4(C)C)s2)CC1. The van der Waals surface area contributed by atoms with Gasteiger partial charge in [-0.25, -0.2) is 0 Å². The third-order valence-electron chi connectivity index (χ3n) is 7.49. The molecule has 31 heavy (non-hydrogen) atoms. The predicted octanol–water partition coefficient (Wildman–Crippen LogP) is 6.30. The van der Waals surface area contributed by atoms with Crippen molar-refractivity contribution in [1.29, 1.82) is 0 Å². The van der Waals surface area contributed by atoms with Crippen molar-refractivity contribution >= 4 is 16.5 Å². The Morgan fingerprint density at radius 1 is 1.00 bits per heavy atom. The van der Waals surface area contributed by atoms with Gasteiger partial charge in [0.15, 0.2) is 0 Å². The lowest BCUT2D eigenvalue weighted by Gasteiger charge is -2.42. The number of piperidine rings is 1. The zero-order chi connectivity index (χ0) is 22.1. The van der Waals surface area contributed by atoms with Gasteiger partial charge in [-0.1, -0.05) is 70.9 Å². The van der Waals surface area contributed by atoms with Gasteiger partial charge in [-0.3, -0.25) is 0 Å². The van der Waals surface area contributed by atoms with Crippen LogP contribution in [0.4, 0.5) is 5.13 Å². The Balaban J connectivity index is 1.43. The van der Waals surface area contributed by atoms with E-state index in [-0.39, 0.29) is 10.8 Å². The second-order valence-electron chi connectivity index (χ2n) is 10.8. The van der Waals surface area contributed by atoms with Crippen LogP contribution < -0.4 is 10.2 Å². The molecule has 4 nitrogen and oxygen atoms in total. The maximum Gasteiger partial charge on any atom is 0.208 e. The van der Waals surface area contributed by atoms with Crippen LogP contribution in [0.1, 0.15) is 90.7 Å². The molecule has 2 aromatic rings. The predicted molar refractivity (Wildman–Crippen MR) is 133 cm³/mol. The van der Waals surface area contributed by atoms with E-state index >= 15 is 0 Å². The molecule has 2 aliphatic rings. The first-order chi connectivity index (χ1) is 14.8. The molecule has 1 fully saturated rings. The molecule has 1 aromatic heterocycles. The van der Waals surface area contributed by atoms with E-state index < -0.39 is 0 Å². The summed E-state index contributed by atoms with van der Waals surface area (Å²) in [6, 6.07) is 7.67. The zero-order valence-corrected chi connectivity index (χ0v) is 20.9. The summed E-state index contributed by atoms with van der Waals surface area (Å²) in [6.45, 7) is 15.1. The Morgan fingerprint density at radius 3 is 2.42 bits per heavy atom. The van der Waals surface area contributed by atoms with Gasteiger partial charge in [0.05, 0.1) is 0 Å². The van der Waals surface area contributed by atoms with Crippen molar-refractivity contribution in [3.63, 3.8) is 0 Å². The highest BCUT2D eigenvalue weighted by Gasteiger charge is 2.37. The first-order valence-electron chi connectivity index (χ1n) is 12.3. The molecule has 1 N–H and O–H groups in total. The number of nitrogens with one attached hydrogen (secondary N) is 1. The van der Waals surface area contributed by atoms with Crippen LogP contribution in [-0.4, -0.2) is 35.9 Å². The smallest absolute Gasteiger partial charge is 0.208 e. The van der Waals surface area contributed by atoms with Gasteiger partial charge in [0.1, 0.15) is 5.01 Å². The lowest BCUT2D eigenvalue weighted by molar-refractivity contribution is 0.332. The number of benzene rings is 1. The van der Waals surface area contributed by atoms with Crippen molar-refractivity contribution in [2.24, 2.45) is 0 Å². The van der Waals surface area contributed by atoms with E-state index in [4.69, 9.17) is 0 Å². The fourth-order valence-electron chi connectivity index (χ4n) is 5.14.